The predicted octanol–water partition coefficient (Wildman–Crippen LogP) is 13.9. The highest BCUT2D eigenvalue weighted by molar-refractivity contribution is 9.11. The second-order valence-corrected chi connectivity index (χ2v) is 20.1. The number of fused-ring (bicyclic) bond motifs is 3. The number of hydrogen-bond donors (Lipinski definition) is 2. The van der Waals surface area contributed by atoms with Gasteiger partial charge in [0.1, 0.15) is 62.7 Å². The normalized spacial score (nSPS) is 10.6. The number of hydrazine groups is 1. The Morgan fingerprint density at radius 1 is 0.514 bits per heavy atom. The Hall–Kier alpha value is -4.62. The minimum Gasteiger partial charge on any atom is -0.496 e. The molecular weight excluding hydrogens is 1350 g/mol. The van der Waals surface area contributed by atoms with Crippen molar-refractivity contribution in [2.24, 2.45) is 5.84 Å². The summed E-state index contributed by atoms with van der Waals surface area (Å²) in [6.07, 6.45) is 7.32. The fourth-order valence-electron chi connectivity index (χ4n) is 6.49. The Morgan fingerprint density at radius 3 is 1.35 bits per heavy atom. The van der Waals surface area contributed by atoms with E-state index in [1.54, 1.807) is 92.2 Å². The molecule has 3 N–H and O–H groups in total. The average Bonchev–Trinajstić information content (AvgIpc) is 4.20. The summed E-state index contributed by atoms with van der Waals surface area (Å²) in [7, 11) is 3.10. The Labute approximate surface area is 472 Å². The van der Waals surface area contributed by atoms with E-state index in [9.17, 15) is 8.78 Å². The lowest BCUT2D eigenvalue weighted by Gasteiger charge is -2.10. The van der Waals surface area contributed by atoms with Crippen LogP contribution in [0.3, 0.4) is 0 Å². The molecule has 26 heteroatoms. The van der Waals surface area contributed by atoms with Crippen molar-refractivity contribution < 1.29 is 18.3 Å². The average molecular weight is 1380 g/mol. The molecule has 15 nitrogen and oxygen atoms in total. The van der Waals surface area contributed by atoms with Crippen LogP contribution in [0.1, 0.15) is 22.5 Å². The zero-order valence-corrected chi connectivity index (χ0v) is 48.2. The van der Waals surface area contributed by atoms with Crippen LogP contribution < -0.4 is 20.7 Å². The van der Waals surface area contributed by atoms with Gasteiger partial charge in [0, 0.05) is 22.5 Å². The quantitative estimate of drug-likeness (QED) is 0.0797. The minimum absolute atomic E-state index is 0.244. The van der Waals surface area contributed by atoms with Crippen LogP contribution in [0.15, 0.2) is 138 Å². The van der Waals surface area contributed by atoms with Crippen LogP contribution in [0.2, 0.25) is 20.6 Å². The zero-order chi connectivity index (χ0) is 51.9. The van der Waals surface area contributed by atoms with Gasteiger partial charge in [-0.05, 0) is 190 Å². The number of rotatable bonds is 9. The number of ether oxygens (including phenoxy) is 2. The third kappa shape index (κ3) is 15.0. The Balaban J connectivity index is 0.000000154. The van der Waals surface area contributed by atoms with Crippen LogP contribution in [0, 0.1) is 11.6 Å². The van der Waals surface area contributed by atoms with Gasteiger partial charge < -0.3 is 14.9 Å². The highest BCUT2D eigenvalue weighted by atomic mass is 79.9. The van der Waals surface area contributed by atoms with E-state index in [0.717, 1.165) is 50.7 Å². The number of nitrogens with one attached hydrogen (secondary N) is 1. The topological polar surface area (TPSA) is 173 Å². The van der Waals surface area contributed by atoms with Crippen molar-refractivity contribution in [3.8, 4) is 11.5 Å². The van der Waals surface area contributed by atoms with Gasteiger partial charge in [-0.2, -0.15) is 0 Å². The Kier molecular flexibility index (Phi) is 21.7. The summed E-state index contributed by atoms with van der Waals surface area (Å²) < 4.78 is 48.0. The van der Waals surface area contributed by atoms with Crippen molar-refractivity contribution in [1.82, 2.24) is 53.8 Å². The molecule has 0 unspecified atom stereocenters. The molecule has 0 bridgehead atoms. The third-order valence-corrected chi connectivity index (χ3v) is 14.3. The number of anilines is 1. The Morgan fingerprint density at radius 2 is 0.931 bits per heavy atom. The molecule has 0 amide bonds. The maximum absolute atomic E-state index is 13.9. The first kappa shape index (κ1) is 56.7. The van der Waals surface area contributed by atoms with Crippen molar-refractivity contribution in [1.29, 1.82) is 0 Å². The van der Waals surface area contributed by atoms with Crippen LogP contribution in [0.5, 0.6) is 11.5 Å². The van der Waals surface area contributed by atoms with Gasteiger partial charge in [-0.15, -0.1) is 30.6 Å². The number of benzene rings is 2. The summed E-state index contributed by atoms with van der Waals surface area (Å²) in [5, 5.41) is 25.3. The largest absolute Gasteiger partial charge is 0.496 e. The molecule has 10 rings (SSSR count). The van der Waals surface area contributed by atoms with Crippen LogP contribution in [0.4, 0.5) is 14.6 Å². The first-order valence-electron chi connectivity index (χ1n) is 20.6. The van der Waals surface area contributed by atoms with Gasteiger partial charge in [-0.25, -0.2) is 24.6 Å². The van der Waals surface area contributed by atoms with Crippen LogP contribution in [0.25, 0.3) is 16.9 Å². The second-order valence-electron chi connectivity index (χ2n) is 14.3. The third-order valence-electron chi connectivity index (χ3n) is 9.92. The maximum Gasteiger partial charge on any atom is 0.176 e. The lowest BCUT2D eigenvalue weighted by Crippen LogP contribution is -2.08. The number of methoxy groups -OCH3 is 2. The number of nitrogen functional groups attached to an aromatic ring is 1. The molecule has 2 aromatic carbocycles. The number of pyridine rings is 5. The molecule has 0 saturated carbocycles. The van der Waals surface area contributed by atoms with Crippen molar-refractivity contribution in [2.75, 3.05) is 19.6 Å². The van der Waals surface area contributed by atoms with Crippen LogP contribution >= 0.6 is 126 Å². The maximum atomic E-state index is 13.9. The monoisotopic (exact) mass is 1370 g/mol. The van der Waals surface area contributed by atoms with Gasteiger partial charge in [0.05, 0.1) is 36.6 Å². The molecule has 10 aromatic rings. The molecule has 0 atom stereocenters. The summed E-state index contributed by atoms with van der Waals surface area (Å²) in [4.78, 5) is 7.63. The van der Waals surface area contributed by atoms with E-state index in [1.165, 1.54) is 12.1 Å². The highest BCUT2D eigenvalue weighted by Gasteiger charge is 2.14. The molecule has 374 valence electrons. The van der Waals surface area contributed by atoms with Crippen molar-refractivity contribution >= 4 is 149 Å². The van der Waals surface area contributed by atoms with Crippen LogP contribution in [-0.2, 0) is 25.7 Å². The van der Waals surface area contributed by atoms with E-state index in [4.69, 9.17) is 61.7 Å². The number of nitrogens with two attached hydrogens (primary N) is 1. The molecule has 0 fully saturated rings. The molecular formula is C46H36Br5Cl4F2N13O2. The molecule has 0 radical (unpaired) electrons. The molecule has 8 heterocycles. The lowest BCUT2D eigenvalue weighted by atomic mass is 10.1. The van der Waals surface area contributed by atoms with E-state index in [2.05, 4.69) is 126 Å². The van der Waals surface area contributed by atoms with Gasteiger partial charge in [0.2, 0.25) is 0 Å². The molecule has 0 aliphatic rings. The number of hydrogen-bond acceptors (Lipinski definition) is 12. The number of halogens is 11. The fourth-order valence-corrected chi connectivity index (χ4v) is 8.93. The van der Waals surface area contributed by atoms with Crippen molar-refractivity contribution in [2.45, 2.75) is 25.7 Å². The second kappa shape index (κ2) is 27.6. The molecule has 72 heavy (non-hydrogen) atoms. The summed E-state index contributed by atoms with van der Waals surface area (Å²) in [5.74, 6) is 6.32. The number of aryl methyl sites for hydroxylation is 2. The molecule has 0 spiro atoms. The molecule has 0 aliphatic carbocycles. The van der Waals surface area contributed by atoms with E-state index < -0.39 is 0 Å². The Bertz CT molecular complexity index is 3260. The lowest BCUT2D eigenvalue weighted by molar-refractivity contribution is 0.404. The van der Waals surface area contributed by atoms with E-state index in [0.29, 0.717) is 74.7 Å². The van der Waals surface area contributed by atoms with E-state index in [1.807, 2.05) is 39.1 Å². The smallest absolute Gasteiger partial charge is 0.176 e. The molecule has 0 aliphatic heterocycles. The van der Waals surface area contributed by atoms with Gasteiger partial charge in [-0.1, -0.05) is 58.5 Å². The number of nitrogens with zero attached hydrogens (tertiary/aromatic N) is 11. The fraction of sp³-hybridized carbons (Fsp3) is 0.130. The molecule has 8 aromatic heterocycles. The van der Waals surface area contributed by atoms with E-state index >= 15 is 0 Å². The highest BCUT2D eigenvalue weighted by Crippen LogP contribution is 2.27. The van der Waals surface area contributed by atoms with Gasteiger partial charge in [-0.3, -0.25) is 13.2 Å². The summed E-state index contributed by atoms with van der Waals surface area (Å²) in [6.45, 7) is 0. The first-order valence-corrected chi connectivity index (χ1v) is 26.1. The summed E-state index contributed by atoms with van der Waals surface area (Å²) >= 11 is 39.1. The zero-order valence-electron chi connectivity index (χ0n) is 37.3. The predicted molar refractivity (Wildman–Crippen MR) is 295 cm³/mol. The van der Waals surface area contributed by atoms with Gasteiger partial charge in [0.15, 0.2) is 22.8 Å². The standard InChI is InChI=1S/2C15H13BrFN3O.C6H3BrClN3.C5H2BrCl2N.C5H5BrClN3/c2*1-21-14-4-2-3-13(17)11(14)7-5-10-6-8-12(16)15-19-18-9-20(10)15;7-4-1-2-5(8)11-3-9-10-6(4)11;6-3-1-2-4(7)9-5(3)8;6-3-1-2-4(7)9-5(3)10-8/h2*2-4,6,8-9H,5,7H2,1H3;1-3H;1-2H;1-2H,8H2,(H,9,10). The SMILES string of the molecule is COc1cccc(F)c1CCc1ccc(Br)c2nncn12.COc1cccc(F)c1CCc1ccc(Br)c2nncn12.Clc1ccc(Br)c(Cl)n1.Clc1ccc(Br)c2nncn12.NNc1nc(Cl)ccc1Br. The first-order chi connectivity index (χ1) is 34.6. The summed E-state index contributed by atoms with van der Waals surface area (Å²) in [5.41, 5.74) is 7.85. The summed E-state index contributed by atoms with van der Waals surface area (Å²) in [6, 6.07) is 28.0. The van der Waals surface area contributed by atoms with Crippen molar-refractivity contribution in [3.63, 3.8) is 0 Å². The van der Waals surface area contributed by atoms with Gasteiger partial charge in [0.25, 0.3) is 0 Å². The number of aromatic nitrogens is 11. The van der Waals surface area contributed by atoms with Crippen LogP contribution in [-0.4, -0.2) is 68.0 Å². The molecule has 0 saturated heterocycles. The van der Waals surface area contributed by atoms with Crippen molar-refractivity contribution in [3.05, 3.63) is 193 Å². The van der Waals surface area contributed by atoms with Gasteiger partial charge >= 0.3 is 0 Å². The van der Waals surface area contributed by atoms with E-state index in [-0.39, 0.29) is 11.6 Å². The minimum atomic E-state index is -0.244.